The molecule has 0 N–H and O–H groups in total. The van der Waals surface area contributed by atoms with Gasteiger partial charge in [-0.05, 0) is 67.8 Å². The van der Waals surface area contributed by atoms with Crippen LogP contribution in [0.4, 0.5) is 32.0 Å². The summed E-state index contributed by atoms with van der Waals surface area (Å²) in [5.41, 5.74) is -2.99. The van der Waals surface area contributed by atoms with E-state index in [1.165, 1.54) is 57.5 Å². The lowest BCUT2D eigenvalue weighted by Gasteiger charge is -2.25. The molecule has 0 fully saturated rings. The molecule has 0 saturated carbocycles. The monoisotopic (exact) mass is 746 g/mol. The molecule has 0 aliphatic heterocycles. The van der Waals surface area contributed by atoms with Gasteiger partial charge in [-0.1, -0.05) is 0 Å². The van der Waals surface area contributed by atoms with Crippen LogP contribution in [0.15, 0.2) is 59.3 Å². The molecule has 0 aromatic carbocycles. The first-order valence-corrected chi connectivity index (χ1v) is 18.6. The number of halogens is 6. The zero-order chi connectivity index (χ0) is 33.5. The Morgan fingerprint density at radius 3 is 1.53 bits per heavy atom. The molecular weight excluding hydrogens is 731 g/mol. The fraction of sp³-hybridized carbons (Fsp3) is 0.152. The number of hydrogen-bond acceptors (Lipinski definition) is 7. The first kappa shape index (κ1) is 32.1. The van der Waals surface area contributed by atoms with Crippen molar-refractivity contribution >= 4 is 84.9 Å². The molecule has 0 unspecified atom stereocenters. The fourth-order valence-corrected chi connectivity index (χ4v) is 11.5. The molecule has 0 radical (unpaired) electrons. The molecule has 0 spiro atoms. The lowest BCUT2D eigenvalue weighted by atomic mass is 9.94. The highest BCUT2D eigenvalue weighted by Gasteiger charge is 2.80. The van der Waals surface area contributed by atoms with Crippen molar-refractivity contribution in [3.63, 3.8) is 0 Å². The van der Waals surface area contributed by atoms with Crippen molar-refractivity contribution in [1.82, 2.24) is 0 Å². The van der Waals surface area contributed by atoms with Gasteiger partial charge < -0.3 is 0 Å². The van der Waals surface area contributed by atoms with E-state index in [1.54, 1.807) is 61.0 Å². The highest BCUT2D eigenvalue weighted by Crippen LogP contribution is 2.67. The van der Waals surface area contributed by atoms with Crippen LogP contribution in [0, 0.1) is 31.8 Å². The quantitative estimate of drug-likeness (QED) is 0.123. The number of allylic oxidation sites excluding steroid dienone is 2. The van der Waals surface area contributed by atoms with Crippen LogP contribution < -0.4 is 0 Å². The smallest absolute Gasteiger partial charge is 0.237 e. The summed E-state index contributed by atoms with van der Waals surface area (Å²) in [5, 5.41) is 12.5. The Morgan fingerprint density at radius 1 is 0.638 bits per heavy atom. The molecule has 0 atom stereocenters. The summed E-state index contributed by atoms with van der Waals surface area (Å²) in [6.45, 7) is 10.9. The van der Waals surface area contributed by atoms with Crippen LogP contribution in [0.2, 0.25) is 0 Å². The second-order valence-electron chi connectivity index (χ2n) is 10.6. The van der Waals surface area contributed by atoms with Crippen LogP contribution in [-0.2, 0) is 0 Å². The number of aryl methyl sites for hydroxylation is 2. The minimum absolute atomic E-state index is 0.162. The average molecular weight is 747 g/mol. The van der Waals surface area contributed by atoms with E-state index in [0.717, 1.165) is 32.4 Å². The molecule has 0 bridgehead atoms. The van der Waals surface area contributed by atoms with Gasteiger partial charge in [-0.25, -0.2) is 4.85 Å². The molecule has 6 aromatic rings. The van der Waals surface area contributed by atoms with E-state index >= 15 is 26.3 Å². The summed E-state index contributed by atoms with van der Waals surface area (Å²) in [4.78, 5) is 8.14. The fourth-order valence-electron chi connectivity index (χ4n) is 5.35. The van der Waals surface area contributed by atoms with Gasteiger partial charge in [0.15, 0.2) is 5.69 Å². The highest BCUT2D eigenvalue weighted by molar-refractivity contribution is 7.27. The first-order chi connectivity index (χ1) is 22.3. The molecule has 6 aromatic heterocycles. The first-order valence-electron chi connectivity index (χ1n) is 13.5. The number of alkyl halides is 6. The Hall–Kier alpha value is -3.50. The van der Waals surface area contributed by atoms with Crippen molar-refractivity contribution in [2.75, 3.05) is 0 Å². The molecule has 0 amide bonds. The van der Waals surface area contributed by atoms with Gasteiger partial charge in [0.1, 0.15) is 6.07 Å². The molecule has 1 aliphatic rings. The minimum atomic E-state index is -5.74. The van der Waals surface area contributed by atoms with E-state index in [-0.39, 0.29) is 9.75 Å². The predicted octanol–water partition coefficient (Wildman–Crippen LogP) is 13.6. The zero-order valence-corrected chi connectivity index (χ0v) is 28.8. The van der Waals surface area contributed by atoms with Gasteiger partial charge >= 0.3 is 17.8 Å². The van der Waals surface area contributed by atoms with Crippen LogP contribution in [-0.4, -0.2) is 17.8 Å². The number of rotatable bonds is 6. The van der Waals surface area contributed by atoms with Crippen molar-refractivity contribution in [2.45, 2.75) is 31.6 Å². The van der Waals surface area contributed by atoms with Crippen molar-refractivity contribution in [1.29, 1.82) is 5.26 Å². The van der Waals surface area contributed by atoms with Crippen molar-refractivity contribution in [3.8, 4) is 45.1 Å². The molecule has 2 nitrogen and oxygen atoms in total. The second kappa shape index (κ2) is 11.3. The van der Waals surface area contributed by atoms with Gasteiger partial charge in [0, 0.05) is 66.7 Å². The number of nitrogens with zero attached hydrogens (tertiary/aromatic N) is 2. The summed E-state index contributed by atoms with van der Waals surface area (Å²) in [7, 11) is 0. The van der Waals surface area contributed by atoms with Crippen LogP contribution in [0.1, 0.15) is 26.4 Å². The summed E-state index contributed by atoms with van der Waals surface area (Å²) in [6, 6.07) is 14.5. The van der Waals surface area contributed by atoms with Crippen LogP contribution >= 0.6 is 68.0 Å². The Morgan fingerprint density at radius 2 is 1.13 bits per heavy atom. The third kappa shape index (κ3) is 4.96. The maximum absolute atomic E-state index is 16.2. The van der Waals surface area contributed by atoms with Gasteiger partial charge in [-0.15, -0.1) is 56.7 Å². The SMILES string of the molecule is [C-]#[N+]c1csc(-c2cc(C3=C(c4cc(-c5cc(C#N)cs5)sc4-c4ccc(C)s4)C(F)(F)C(F)(F)C3(F)F)c(-c3ccc(C)s3)s2)c1. The number of hydrogen-bond donors (Lipinski definition) is 0. The van der Waals surface area contributed by atoms with E-state index in [0.29, 0.717) is 40.5 Å². The topological polar surface area (TPSA) is 28.1 Å². The highest BCUT2D eigenvalue weighted by atomic mass is 32.1. The summed E-state index contributed by atoms with van der Waals surface area (Å²) in [5.74, 6) is -16.2. The van der Waals surface area contributed by atoms with Gasteiger partial charge in [0.05, 0.1) is 21.9 Å². The van der Waals surface area contributed by atoms with Gasteiger partial charge in [0.25, 0.3) is 0 Å². The molecule has 6 heterocycles. The predicted molar refractivity (Wildman–Crippen MR) is 184 cm³/mol. The van der Waals surface area contributed by atoms with E-state index in [4.69, 9.17) is 6.57 Å². The third-order valence-corrected chi connectivity index (χ3v) is 14.4. The van der Waals surface area contributed by atoms with Gasteiger partial charge in [0.2, 0.25) is 0 Å². The summed E-state index contributed by atoms with van der Waals surface area (Å²) in [6.07, 6.45) is 0. The Balaban J connectivity index is 1.58. The largest absolute Gasteiger partial charge is 0.380 e. The van der Waals surface area contributed by atoms with E-state index < -0.39 is 40.0 Å². The van der Waals surface area contributed by atoms with E-state index in [9.17, 15) is 5.26 Å². The lowest BCUT2D eigenvalue weighted by molar-refractivity contribution is -0.254. The summed E-state index contributed by atoms with van der Waals surface area (Å²) >= 11 is 6.89. The maximum atomic E-state index is 16.2. The normalized spacial score (nSPS) is 16.5. The van der Waals surface area contributed by atoms with Gasteiger partial charge in [-0.2, -0.15) is 42.9 Å². The Kier molecular flexibility index (Phi) is 7.71. The molecule has 47 heavy (non-hydrogen) atoms. The molecule has 7 rings (SSSR count). The number of thiophene rings is 6. The van der Waals surface area contributed by atoms with E-state index in [2.05, 4.69) is 4.85 Å². The molecule has 14 heteroatoms. The zero-order valence-electron chi connectivity index (χ0n) is 23.9. The maximum Gasteiger partial charge on any atom is 0.380 e. The van der Waals surface area contributed by atoms with Gasteiger partial charge in [-0.3, -0.25) is 0 Å². The van der Waals surface area contributed by atoms with Crippen LogP contribution in [0.5, 0.6) is 0 Å². The average Bonchev–Trinajstić information content (AvgIpc) is 3.86. The Bertz CT molecular complexity index is 2150. The van der Waals surface area contributed by atoms with Crippen molar-refractivity contribution in [3.05, 3.63) is 97.2 Å². The third-order valence-electron chi connectivity index (χ3n) is 7.53. The standard InChI is InChI=1S/C33H16F6N2S6/c1-15-4-6-21(44-15)29-19(10-25(46-29)23-8-17(12-40)13-42-23)27-28(32(36,37)33(38,39)31(27,34)35)20-11-26(24-9-18(41-3)14-43-24)47-30(20)22-7-5-16(2)45-22/h4-11,13-14H,1-2H3. The van der Waals surface area contributed by atoms with Crippen molar-refractivity contribution < 1.29 is 26.3 Å². The summed E-state index contributed by atoms with van der Waals surface area (Å²) < 4.78 is 96.2. The molecule has 236 valence electrons. The van der Waals surface area contributed by atoms with E-state index in [1.807, 2.05) is 6.07 Å². The van der Waals surface area contributed by atoms with Crippen LogP contribution in [0.25, 0.3) is 55.0 Å². The Labute approximate surface area is 288 Å². The molecule has 0 saturated heterocycles. The second-order valence-corrected chi connectivity index (χ2v) is 17.1. The molecular formula is C33H16F6N2S6. The molecule has 1 aliphatic carbocycles. The minimum Gasteiger partial charge on any atom is -0.237 e. The van der Waals surface area contributed by atoms with Crippen LogP contribution in [0.3, 0.4) is 0 Å². The number of nitriles is 1. The van der Waals surface area contributed by atoms with Crippen molar-refractivity contribution in [2.24, 2.45) is 0 Å². The lowest BCUT2D eigenvalue weighted by Crippen LogP contribution is -2.48.